The molecular weight excluding hydrogens is 282 g/mol. The van der Waals surface area contributed by atoms with Crippen LogP contribution in [0, 0.1) is 23.5 Å². The molecular formula is C14H16F2N2O3. The first kappa shape index (κ1) is 15.4. The van der Waals surface area contributed by atoms with E-state index in [4.69, 9.17) is 10.5 Å². The fourth-order valence-electron chi connectivity index (χ4n) is 2.55. The van der Waals surface area contributed by atoms with Gasteiger partial charge in [0.05, 0.1) is 12.5 Å². The van der Waals surface area contributed by atoms with Gasteiger partial charge in [0.15, 0.2) is 11.6 Å². The molecule has 1 aromatic rings. The zero-order valence-corrected chi connectivity index (χ0v) is 11.5. The third kappa shape index (κ3) is 3.18. The monoisotopic (exact) mass is 298 g/mol. The summed E-state index contributed by atoms with van der Waals surface area (Å²) in [6.07, 6.45) is 0. The number of nitrogens with two attached hydrogens (primary N) is 1. The van der Waals surface area contributed by atoms with E-state index in [0.717, 1.165) is 12.1 Å². The summed E-state index contributed by atoms with van der Waals surface area (Å²) in [6.45, 7) is 0.746. The Balaban J connectivity index is 2.16. The number of likely N-dealkylation sites (tertiary alicyclic amines) is 1. The van der Waals surface area contributed by atoms with Crippen LogP contribution in [0.2, 0.25) is 0 Å². The van der Waals surface area contributed by atoms with Crippen LogP contribution in [0.4, 0.5) is 8.78 Å². The summed E-state index contributed by atoms with van der Waals surface area (Å²) in [5, 5.41) is 0. The fourth-order valence-corrected chi connectivity index (χ4v) is 2.55. The van der Waals surface area contributed by atoms with Gasteiger partial charge in [-0.25, -0.2) is 8.78 Å². The van der Waals surface area contributed by atoms with Crippen LogP contribution in [0.15, 0.2) is 18.2 Å². The van der Waals surface area contributed by atoms with Gasteiger partial charge >= 0.3 is 0 Å². The van der Waals surface area contributed by atoms with Crippen LogP contribution in [0.3, 0.4) is 0 Å². The Kier molecular flexibility index (Phi) is 4.52. The Hall–Kier alpha value is -2.02. The highest BCUT2D eigenvalue weighted by Gasteiger charge is 2.38. The highest BCUT2D eigenvalue weighted by atomic mass is 19.2. The summed E-state index contributed by atoms with van der Waals surface area (Å²) < 4.78 is 31.1. The molecule has 1 heterocycles. The largest absolute Gasteiger partial charge is 0.384 e. The number of carbonyl (C=O) groups is 2. The van der Waals surface area contributed by atoms with Crippen molar-refractivity contribution in [3.63, 3.8) is 0 Å². The van der Waals surface area contributed by atoms with Crippen molar-refractivity contribution in [2.75, 3.05) is 26.8 Å². The molecule has 0 spiro atoms. The zero-order chi connectivity index (χ0) is 15.6. The maximum absolute atomic E-state index is 13.2. The van der Waals surface area contributed by atoms with Gasteiger partial charge in [0.25, 0.3) is 5.91 Å². The van der Waals surface area contributed by atoms with E-state index in [-0.39, 0.29) is 18.0 Å². The van der Waals surface area contributed by atoms with E-state index < -0.39 is 29.4 Å². The molecule has 7 heteroatoms. The van der Waals surface area contributed by atoms with Crippen LogP contribution in [-0.4, -0.2) is 43.5 Å². The van der Waals surface area contributed by atoms with Crippen molar-refractivity contribution in [3.8, 4) is 0 Å². The Labute approximate surface area is 120 Å². The van der Waals surface area contributed by atoms with Crippen LogP contribution in [-0.2, 0) is 9.53 Å². The highest BCUT2D eigenvalue weighted by molar-refractivity contribution is 5.95. The predicted octanol–water partition coefficient (Wildman–Crippen LogP) is 0.785. The molecule has 2 amide bonds. The third-order valence-corrected chi connectivity index (χ3v) is 3.64. The summed E-state index contributed by atoms with van der Waals surface area (Å²) in [5.41, 5.74) is 5.36. The number of rotatable bonds is 4. The number of methoxy groups -OCH3 is 1. The second-order valence-electron chi connectivity index (χ2n) is 5.06. The van der Waals surface area contributed by atoms with E-state index in [0.29, 0.717) is 13.2 Å². The molecule has 0 unspecified atom stereocenters. The van der Waals surface area contributed by atoms with Gasteiger partial charge < -0.3 is 15.4 Å². The lowest BCUT2D eigenvalue weighted by molar-refractivity contribution is -0.122. The number of amides is 2. The van der Waals surface area contributed by atoms with Crippen LogP contribution >= 0.6 is 0 Å². The first-order valence-corrected chi connectivity index (χ1v) is 6.46. The van der Waals surface area contributed by atoms with Crippen molar-refractivity contribution in [1.29, 1.82) is 0 Å². The van der Waals surface area contributed by atoms with Gasteiger partial charge in [-0.1, -0.05) is 0 Å². The van der Waals surface area contributed by atoms with E-state index in [2.05, 4.69) is 0 Å². The molecule has 0 bridgehead atoms. The molecule has 1 aliphatic heterocycles. The molecule has 0 aromatic heterocycles. The van der Waals surface area contributed by atoms with Gasteiger partial charge in [0.2, 0.25) is 5.91 Å². The predicted molar refractivity (Wildman–Crippen MR) is 70.3 cm³/mol. The van der Waals surface area contributed by atoms with Gasteiger partial charge in [0.1, 0.15) is 0 Å². The zero-order valence-electron chi connectivity index (χ0n) is 11.5. The van der Waals surface area contributed by atoms with Crippen LogP contribution in [0.5, 0.6) is 0 Å². The summed E-state index contributed by atoms with van der Waals surface area (Å²) in [7, 11) is 1.50. The van der Waals surface area contributed by atoms with Gasteiger partial charge in [-0.15, -0.1) is 0 Å². The molecule has 2 atom stereocenters. The standard InChI is InChI=1S/C14H16F2N2O3/c1-21-7-9-5-18(6-10(9)13(17)19)14(20)8-2-3-11(15)12(16)4-8/h2-4,9-10H,5-7H2,1H3,(H2,17,19)/t9-,10+/m0/s1. The molecule has 1 saturated heterocycles. The molecule has 2 rings (SSSR count). The smallest absolute Gasteiger partial charge is 0.253 e. The van der Waals surface area contributed by atoms with E-state index in [1.807, 2.05) is 0 Å². The topological polar surface area (TPSA) is 72.6 Å². The third-order valence-electron chi connectivity index (χ3n) is 3.64. The maximum Gasteiger partial charge on any atom is 0.253 e. The second kappa shape index (κ2) is 6.17. The number of primary amides is 1. The van der Waals surface area contributed by atoms with Crippen molar-refractivity contribution >= 4 is 11.8 Å². The molecule has 0 saturated carbocycles. The summed E-state index contributed by atoms with van der Waals surface area (Å²) in [6, 6.07) is 2.96. The minimum absolute atomic E-state index is 0.0372. The summed E-state index contributed by atoms with van der Waals surface area (Å²) >= 11 is 0. The van der Waals surface area contributed by atoms with Crippen LogP contribution in [0.1, 0.15) is 10.4 Å². The maximum atomic E-state index is 13.2. The first-order valence-electron chi connectivity index (χ1n) is 6.46. The molecule has 21 heavy (non-hydrogen) atoms. The minimum Gasteiger partial charge on any atom is -0.384 e. The number of nitrogens with zero attached hydrogens (tertiary/aromatic N) is 1. The number of hydrogen-bond acceptors (Lipinski definition) is 3. The normalized spacial score (nSPS) is 21.6. The summed E-state index contributed by atoms with van der Waals surface area (Å²) in [4.78, 5) is 25.1. The lowest BCUT2D eigenvalue weighted by Crippen LogP contribution is -2.32. The highest BCUT2D eigenvalue weighted by Crippen LogP contribution is 2.25. The lowest BCUT2D eigenvalue weighted by Gasteiger charge is -2.16. The van der Waals surface area contributed by atoms with Gasteiger partial charge in [-0.05, 0) is 18.2 Å². The molecule has 1 fully saturated rings. The first-order chi connectivity index (χ1) is 9.93. The Morgan fingerprint density at radius 3 is 2.62 bits per heavy atom. The summed E-state index contributed by atoms with van der Waals surface area (Å²) in [5.74, 6) is -3.75. The van der Waals surface area contributed by atoms with Crippen molar-refractivity contribution in [2.45, 2.75) is 0 Å². The van der Waals surface area contributed by atoms with E-state index >= 15 is 0 Å². The van der Waals surface area contributed by atoms with E-state index in [1.54, 1.807) is 0 Å². The van der Waals surface area contributed by atoms with Crippen molar-refractivity contribution < 1.29 is 23.1 Å². The average molecular weight is 298 g/mol. The fraction of sp³-hybridized carbons (Fsp3) is 0.429. The Morgan fingerprint density at radius 2 is 2.05 bits per heavy atom. The van der Waals surface area contributed by atoms with Crippen LogP contribution < -0.4 is 5.73 Å². The van der Waals surface area contributed by atoms with Crippen LogP contribution in [0.25, 0.3) is 0 Å². The van der Waals surface area contributed by atoms with Crippen molar-refractivity contribution in [1.82, 2.24) is 4.90 Å². The lowest BCUT2D eigenvalue weighted by atomic mass is 9.96. The second-order valence-corrected chi connectivity index (χ2v) is 5.06. The Morgan fingerprint density at radius 1 is 1.33 bits per heavy atom. The number of benzene rings is 1. The quantitative estimate of drug-likeness (QED) is 0.893. The van der Waals surface area contributed by atoms with Crippen molar-refractivity contribution in [3.05, 3.63) is 35.4 Å². The number of hydrogen-bond donors (Lipinski definition) is 1. The number of halogens is 2. The minimum atomic E-state index is -1.08. The SMILES string of the molecule is COC[C@@H]1CN(C(=O)c2ccc(F)c(F)c2)C[C@H]1C(N)=O. The van der Waals surface area contributed by atoms with Gasteiger partial charge in [-0.2, -0.15) is 0 Å². The van der Waals surface area contributed by atoms with E-state index in [1.165, 1.54) is 18.1 Å². The average Bonchev–Trinajstić information content (AvgIpc) is 2.86. The molecule has 1 aliphatic rings. The molecule has 0 radical (unpaired) electrons. The van der Waals surface area contributed by atoms with Gasteiger partial charge in [-0.3, -0.25) is 9.59 Å². The Bertz CT molecular complexity index is 565. The van der Waals surface area contributed by atoms with Gasteiger partial charge in [0, 0.05) is 31.7 Å². The van der Waals surface area contributed by atoms with Crippen molar-refractivity contribution in [2.24, 2.45) is 17.6 Å². The molecule has 2 N–H and O–H groups in total. The molecule has 0 aliphatic carbocycles. The molecule has 5 nitrogen and oxygen atoms in total. The molecule has 114 valence electrons. The van der Waals surface area contributed by atoms with E-state index in [9.17, 15) is 18.4 Å². The number of carbonyl (C=O) groups excluding carboxylic acids is 2. The molecule has 1 aromatic carbocycles. The number of ether oxygens (including phenoxy) is 1.